The zero-order valence-corrected chi connectivity index (χ0v) is 13.4. The summed E-state index contributed by atoms with van der Waals surface area (Å²) in [4.78, 5) is 0. The van der Waals surface area contributed by atoms with Gasteiger partial charge in [-0.25, -0.2) is 4.39 Å². The van der Waals surface area contributed by atoms with Gasteiger partial charge in [-0.2, -0.15) is 0 Å². The number of hydrogen-bond donors (Lipinski definition) is 1. The molecule has 5 heteroatoms. The van der Waals surface area contributed by atoms with Crippen LogP contribution in [0.25, 0.3) is 0 Å². The van der Waals surface area contributed by atoms with Crippen LogP contribution in [0, 0.1) is 5.82 Å². The number of ether oxygens (including phenoxy) is 2. The Bertz CT molecular complexity index is 629. The first-order valence-corrected chi connectivity index (χ1v) is 7.23. The molecule has 0 radical (unpaired) electrons. The summed E-state index contributed by atoms with van der Waals surface area (Å²) in [6, 6.07) is 9.63. The second kappa shape index (κ2) is 6.91. The number of aliphatic hydroxyl groups is 1. The van der Waals surface area contributed by atoms with Gasteiger partial charge in [-0.1, -0.05) is 15.9 Å². The van der Waals surface area contributed by atoms with Crippen LogP contribution < -0.4 is 9.47 Å². The second-order valence-corrected chi connectivity index (χ2v) is 5.46. The predicted molar refractivity (Wildman–Crippen MR) is 82.1 cm³/mol. The van der Waals surface area contributed by atoms with Crippen molar-refractivity contribution < 1.29 is 19.0 Å². The highest BCUT2D eigenvalue weighted by Crippen LogP contribution is 2.29. The Balaban J connectivity index is 2.22. The third-order valence-corrected chi connectivity index (χ3v) is 3.84. The molecule has 3 nitrogen and oxygen atoms in total. The molecule has 2 rings (SSSR count). The first kappa shape index (κ1) is 15.8. The Hall–Kier alpha value is -1.59. The zero-order valence-electron chi connectivity index (χ0n) is 11.8. The van der Waals surface area contributed by atoms with E-state index in [0.29, 0.717) is 17.1 Å². The number of rotatable bonds is 5. The molecular formula is C16H16BrFO3. The Morgan fingerprint density at radius 3 is 2.67 bits per heavy atom. The second-order valence-electron chi connectivity index (χ2n) is 4.60. The van der Waals surface area contributed by atoms with E-state index in [0.717, 1.165) is 10.0 Å². The normalized spacial score (nSPS) is 12.0. The van der Waals surface area contributed by atoms with E-state index in [4.69, 9.17) is 9.47 Å². The molecule has 112 valence electrons. The van der Waals surface area contributed by atoms with Crippen molar-refractivity contribution in [2.24, 2.45) is 0 Å². The lowest BCUT2D eigenvalue weighted by Crippen LogP contribution is -2.02. The van der Waals surface area contributed by atoms with Gasteiger partial charge >= 0.3 is 0 Å². The molecule has 0 amide bonds. The van der Waals surface area contributed by atoms with Crippen molar-refractivity contribution in [1.29, 1.82) is 0 Å². The Morgan fingerprint density at radius 2 is 2.00 bits per heavy atom. The van der Waals surface area contributed by atoms with Gasteiger partial charge in [-0.15, -0.1) is 0 Å². The van der Waals surface area contributed by atoms with Gasteiger partial charge in [0.25, 0.3) is 0 Å². The van der Waals surface area contributed by atoms with Gasteiger partial charge < -0.3 is 14.6 Å². The van der Waals surface area contributed by atoms with Crippen molar-refractivity contribution >= 4 is 15.9 Å². The van der Waals surface area contributed by atoms with Crippen LogP contribution >= 0.6 is 15.9 Å². The van der Waals surface area contributed by atoms with E-state index in [2.05, 4.69) is 15.9 Å². The molecule has 0 saturated heterocycles. The van der Waals surface area contributed by atoms with E-state index in [9.17, 15) is 9.50 Å². The lowest BCUT2D eigenvalue weighted by atomic mass is 10.1. The topological polar surface area (TPSA) is 38.7 Å². The zero-order chi connectivity index (χ0) is 15.4. The summed E-state index contributed by atoms with van der Waals surface area (Å²) in [6.07, 6.45) is -0.727. The summed E-state index contributed by atoms with van der Waals surface area (Å²) >= 11 is 3.44. The first-order chi connectivity index (χ1) is 10.0. The van der Waals surface area contributed by atoms with Crippen molar-refractivity contribution in [2.45, 2.75) is 19.6 Å². The first-order valence-electron chi connectivity index (χ1n) is 6.44. The summed E-state index contributed by atoms with van der Waals surface area (Å²) in [7, 11) is 1.59. The summed E-state index contributed by atoms with van der Waals surface area (Å²) in [5.41, 5.74) is 1.42. The molecule has 1 atom stereocenters. The number of hydrogen-bond acceptors (Lipinski definition) is 3. The standard InChI is InChI=1S/C16H16BrFO3/c1-10(19)14-5-3-12(18)8-16(14)21-9-11-7-13(20-2)4-6-15(11)17/h3-8,10,19H,9H2,1-2H3. The third kappa shape index (κ3) is 3.95. The number of halogens is 2. The molecule has 2 aromatic rings. The highest BCUT2D eigenvalue weighted by molar-refractivity contribution is 9.10. The van der Waals surface area contributed by atoms with Crippen molar-refractivity contribution in [3.8, 4) is 11.5 Å². The van der Waals surface area contributed by atoms with Crippen LogP contribution in [0.15, 0.2) is 40.9 Å². The highest BCUT2D eigenvalue weighted by atomic mass is 79.9. The van der Waals surface area contributed by atoms with Crippen LogP contribution in [0.1, 0.15) is 24.2 Å². The fraction of sp³-hybridized carbons (Fsp3) is 0.250. The maximum Gasteiger partial charge on any atom is 0.128 e. The fourth-order valence-electron chi connectivity index (χ4n) is 1.92. The van der Waals surface area contributed by atoms with Gasteiger partial charge in [0.15, 0.2) is 0 Å². The lowest BCUT2D eigenvalue weighted by Gasteiger charge is -2.14. The van der Waals surface area contributed by atoms with E-state index < -0.39 is 11.9 Å². The molecule has 0 aliphatic rings. The summed E-state index contributed by atoms with van der Waals surface area (Å²) in [5.74, 6) is 0.644. The number of benzene rings is 2. The van der Waals surface area contributed by atoms with Crippen LogP contribution in [-0.4, -0.2) is 12.2 Å². The Kier molecular flexibility index (Phi) is 5.20. The molecule has 2 aromatic carbocycles. The minimum atomic E-state index is -0.727. The summed E-state index contributed by atoms with van der Waals surface area (Å²) in [5, 5.41) is 9.70. The molecule has 0 aliphatic carbocycles. The molecular weight excluding hydrogens is 339 g/mol. The number of methoxy groups -OCH3 is 1. The summed E-state index contributed by atoms with van der Waals surface area (Å²) < 4.78 is 25.0. The molecule has 0 bridgehead atoms. The Labute approximate surface area is 131 Å². The monoisotopic (exact) mass is 354 g/mol. The van der Waals surface area contributed by atoms with Crippen LogP contribution in [-0.2, 0) is 6.61 Å². The molecule has 0 spiro atoms. The van der Waals surface area contributed by atoms with E-state index in [1.807, 2.05) is 18.2 Å². The predicted octanol–water partition coefficient (Wildman–Crippen LogP) is 4.23. The SMILES string of the molecule is COc1ccc(Br)c(COc2cc(F)ccc2C(C)O)c1. The van der Waals surface area contributed by atoms with Gasteiger partial charge in [0.2, 0.25) is 0 Å². The van der Waals surface area contributed by atoms with Crippen LogP contribution in [0.3, 0.4) is 0 Å². The molecule has 0 aromatic heterocycles. The smallest absolute Gasteiger partial charge is 0.128 e. The van der Waals surface area contributed by atoms with E-state index >= 15 is 0 Å². The van der Waals surface area contributed by atoms with Crippen LogP contribution in [0.5, 0.6) is 11.5 Å². The molecule has 1 N–H and O–H groups in total. The highest BCUT2D eigenvalue weighted by Gasteiger charge is 2.11. The molecule has 0 aliphatic heterocycles. The minimum Gasteiger partial charge on any atom is -0.497 e. The van der Waals surface area contributed by atoms with Gasteiger partial charge in [0.1, 0.15) is 23.9 Å². The maximum atomic E-state index is 13.3. The summed E-state index contributed by atoms with van der Waals surface area (Å²) in [6.45, 7) is 1.85. The molecule has 21 heavy (non-hydrogen) atoms. The quantitative estimate of drug-likeness (QED) is 0.873. The van der Waals surface area contributed by atoms with E-state index in [1.54, 1.807) is 14.0 Å². The van der Waals surface area contributed by atoms with Crippen molar-refractivity contribution in [1.82, 2.24) is 0 Å². The third-order valence-electron chi connectivity index (χ3n) is 3.06. The van der Waals surface area contributed by atoms with Gasteiger partial charge in [0, 0.05) is 21.7 Å². The average Bonchev–Trinajstić information content (AvgIpc) is 2.46. The number of aliphatic hydroxyl groups excluding tert-OH is 1. The molecule has 1 unspecified atom stereocenters. The molecule has 0 saturated carbocycles. The van der Waals surface area contributed by atoms with Gasteiger partial charge in [0.05, 0.1) is 13.2 Å². The van der Waals surface area contributed by atoms with E-state index in [1.165, 1.54) is 18.2 Å². The van der Waals surface area contributed by atoms with Crippen molar-refractivity contribution in [2.75, 3.05) is 7.11 Å². The van der Waals surface area contributed by atoms with Crippen LogP contribution in [0.2, 0.25) is 0 Å². The van der Waals surface area contributed by atoms with Crippen molar-refractivity contribution in [3.63, 3.8) is 0 Å². The van der Waals surface area contributed by atoms with Crippen molar-refractivity contribution in [3.05, 3.63) is 57.8 Å². The van der Waals surface area contributed by atoms with Gasteiger partial charge in [-0.05, 0) is 37.3 Å². The Morgan fingerprint density at radius 1 is 1.24 bits per heavy atom. The van der Waals surface area contributed by atoms with E-state index in [-0.39, 0.29) is 6.61 Å². The molecule has 0 fully saturated rings. The maximum absolute atomic E-state index is 13.3. The fourth-order valence-corrected chi connectivity index (χ4v) is 2.28. The van der Waals surface area contributed by atoms with Crippen LogP contribution in [0.4, 0.5) is 4.39 Å². The largest absolute Gasteiger partial charge is 0.497 e. The lowest BCUT2D eigenvalue weighted by molar-refractivity contribution is 0.189. The molecule has 0 heterocycles. The average molecular weight is 355 g/mol. The van der Waals surface area contributed by atoms with Gasteiger partial charge in [-0.3, -0.25) is 0 Å². The minimum absolute atomic E-state index is 0.237.